The van der Waals surface area contributed by atoms with Crippen molar-refractivity contribution in [2.24, 2.45) is 13.0 Å². The summed E-state index contributed by atoms with van der Waals surface area (Å²) in [6.07, 6.45) is 6.83. The molecule has 0 radical (unpaired) electrons. The van der Waals surface area contributed by atoms with Crippen LogP contribution in [0.1, 0.15) is 85.5 Å². The highest BCUT2D eigenvalue weighted by molar-refractivity contribution is 6.01. The first-order chi connectivity index (χ1) is 26.6. The van der Waals surface area contributed by atoms with Crippen molar-refractivity contribution in [2.75, 3.05) is 54.9 Å². The average molecular weight is 744 g/mol. The Bertz CT molecular complexity index is 2250. The van der Waals surface area contributed by atoms with Gasteiger partial charge in [0.05, 0.1) is 34.2 Å². The average Bonchev–Trinajstić information content (AvgIpc) is 3.19. The Kier molecular flexibility index (Phi) is 10.1. The molecule has 0 spiro atoms. The summed E-state index contributed by atoms with van der Waals surface area (Å²) in [5, 5.41) is 16.2. The number of aromatic nitrogens is 1. The second-order valence-electron chi connectivity index (χ2n) is 16.2. The van der Waals surface area contributed by atoms with Crippen molar-refractivity contribution >= 4 is 45.5 Å². The number of halogens is 1. The van der Waals surface area contributed by atoms with Crippen LogP contribution in [-0.4, -0.2) is 67.1 Å². The van der Waals surface area contributed by atoms with Gasteiger partial charge in [-0.1, -0.05) is 6.07 Å². The number of nitrogens with one attached hydrogen (secondary N) is 2. The number of rotatable bonds is 7. The number of hydrogen-bond acceptors (Lipinski definition) is 8. The molecule has 4 heterocycles. The molecule has 1 aromatic heterocycles. The number of likely N-dealkylation sites (tertiary alicyclic amines) is 1. The third kappa shape index (κ3) is 7.32. The van der Waals surface area contributed by atoms with Crippen molar-refractivity contribution < 1.29 is 14.0 Å². The van der Waals surface area contributed by atoms with E-state index in [0.717, 1.165) is 105 Å². The zero-order valence-corrected chi connectivity index (χ0v) is 32.0. The van der Waals surface area contributed by atoms with Crippen LogP contribution >= 0.6 is 0 Å². The van der Waals surface area contributed by atoms with Gasteiger partial charge < -0.3 is 24.6 Å². The number of pyridine rings is 1. The zero-order valence-electron chi connectivity index (χ0n) is 32.0. The molecule has 3 fully saturated rings. The fourth-order valence-electron chi connectivity index (χ4n) is 9.50. The van der Waals surface area contributed by atoms with E-state index in [2.05, 4.69) is 50.6 Å². The molecule has 3 aliphatic heterocycles. The molecule has 2 amide bonds. The predicted octanol–water partition coefficient (Wildman–Crippen LogP) is 6.82. The van der Waals surface area contributed by atoms with Crippen molar-refractivity contribution in [3.05, 3.63) is 93.0 Å². The quantitative estimate of drug-likeness (QED) is 0.199. The largest absolute Gasteiger partial charge is 0.374 e. The molecule has 1 unspecified atom stereocenters. The maximum absolute atomic E-state index is 15.3. The molecule has 1 aliphatic carbocycles. The van der Waals surface area contributed by atoms with E-state index >= 15 is 4.39 Å². The monoisotopic (exact) mass is 743 g/mol. The van der Waals surface area contributed by atoms with Gasteiger partial charge in [0.2, 0.25) is 11.8 Å². The zero-order chi connectivity index (χ0) is 38.4. The van der Waals surface area contributed by atoms with Crippen LogP contribution in [0.25, 0.3) is 10.9 Å². The Labute approximate surface area is 321 Å². The first-order valence-electron chi connectivity index (χ1n) is 19.9. The number of nitriles is 1. The van der Waals surface area contributed by atoms with Crippen LogP contribution in [0.4, 0.5) is 27.1 Å². The predicted molar refractivity (Wildman–Crippen MR) is 215 cm³/mol. The molecule has 286 valence electrons. The highest BCUT2D eigenvalue weighted by Crippen LogP contribution is 2.43. The van der Waals surface area contributed by atoms with Gasteiger partial charge in [-0.15, -0.1) is 0 Å². The number of benzene rings is 3. The number of anilines is 4. The molecular weight excluding hydrogens is 694 g/mol. The summed E-state index contributed by atoms with van der Waals surface area (Å²) in [5.41, 5.74) is 8.08. The number of carbonyl (C=O) groups is 2. The molecule has 11 heteroatoms. The summed E-state index contributed by atoms with van der Waals surface area (Å²) in [5.74, 6) is 0.282. The molecule has 4 aliphatic rings. The maximum atomic E-state index is 15.3. The molecular formula is C44H50FN7O3. The van der Waals surface area contributed by atoms with Crippen LogP contribution < -0.4 is 26.0 Å². The van der Waals surface area contributed by atoms with Gasteiger partial charge in [-0.3, -0.25) is 19.7 Å². The van der Waals surface area contributed by atoms with E-state index in [9.17, 15) is 19.6 Å². The number of amides is 2. The number of piperidine rings is 2. The second kappa shape index (κ2) is 15.1. The summed E-state index contributed by atoms with van der Waals surface area (Å²) in [4.78, 5) is 44.0. The minimum Gasteiger partial charge on any atom is -0.374 e. The Morgan fingerprint density at radius 1 is 0.836 bits per heavy atom. The summed E-state index contributed by atoms with van der Waals surface area (Å²) >= 11 is 0. The van der Waals surface area contributed by atoms with Gasteiger partial charge in [0, 0.05) is 56.8 Å². The van der Waals surface area contributed by atoms with Crippen LogP contribution in [0.3, 0.4) is 0 Å². The number of fused-ring (bicyclic) bond motifs is 2. The normalized spacial score (nSPS) is 22.3. The smallest absolute Gasteiger partial charge is 0.253 e. The van der Waals surface area contributed by atoms with Crippen molar-refractivity contribution in [1.82, 2.24) is 14.8 Å². The topological polar surface area (TPSA) is 114 Å². The minimum atomic E-state index is -0.534. The molecule has 55 heavy (non-hydrogen) atoms. The molecule has 10 nitrogen and oxygen atoms in total. The number of carbonyl (C=O) groups excluding carboxylic acids is 2. The standard InChI is InChI=1S/C44H50FN7O3/c1-27-20-35-39(50(3)44(27)55)22-32(23-40(35)52-19-18-49(2)38-12-6-29(25-46)21-41(38)52)30-14-16-51(17-15-30)26-28-4-7-31(8-5-28)34-10-9-33(24-36(34)45)47-37-11-13-42(53)48-43(37)54/h6,9-10,12,20-24,28,30-31,37,47H,4-5,7-8,11,13-19,26H2,1-3H3,(H,48,53,54). The van der Waals surface area contributed by atoms with Crippen LogP contribution in [0.5, 0.6) is 0 Å². The highest BCUT2D eigenvalue weighted by Gasteiger charge is 2.31. The van der Waals surface area contributed by atoms with Gasteiger partial charge in [0.25, 0.3) is 5.56 Å². The number of nitrogens with zero attached hydrogens (tertiary/aromatic N) is 5. The van der Waals surface area contributed by atoms with Gasteiger partial charge >= 0.3 is 0 Å². The van der Waals surface area contributed by atoms with Gasteiger partial charge in [-0.05, 0) is 142 Å². The first-order valence-corrected chi connectivity index (χ1v) is 19.9. The molecule has 1 atom stereocenters. The van der Waals surface area contributed by atoms with E-state index in [1.165, 1.54) is 11.6 Å². The lowest BCUT2D eigenvalue weighted by atomic mass is 9.78. The van der Waals surface area contributed by atoms with Crippen molar-refractivity contribution in [1.29, 1.82) is 5.26 Å². The highest BCUT2D eigenvalue weighted by atomic mass is 19.1. The summed E-state index contributed by atoms with van der Waals surface area (Å²) in [6.45, 7) is 6.61. The van der Waals surface area contributed by atoms with Crippen molar-refractivity contribution in [2.45, 2.75) is 76.2 Å². The number of aryl methyl sites for hydroxylation is 2. The Balaban J connectivity index is 0.924. The second-order valence-corrected chi connectivity index (χ2v) is 16.2. The van der Waals surface area contributed by atoms with Gasteiger partial charge in [-0.25, -0.2) is 4.39 Å². The Morgan fingerprint density at radius 2 is 1.62 bits per heavy atom. The number of imide groups is 1. The lowest BCUT2D eigenvalue weighted by molar-refractivity contribution is -0.133. The minimum absolute atomic E-state index is 0.0206. The summed E-state index contributed by atoms with van der Waals surface area (Å²) < 4.78 is 17.1. The summed E-state index contributed by atoms with van der Waals surface area (Å²) in [6, 6.07) is 19.5. The fourth-order valence-corrected chi connectivity index (χ4v) is 9.50. The molecule has 1 saturated carbocycles. The van der Waals surface area contributed by atoms with Gasteiger partial charge in [0.15, 0.2) is 0 Å². The van der Waals surface area contributed by atoms with Crippen molar-refractivity contribution in [3.8, 4) is 6.07 Å². The first kappa shape index (κ1) is 36.8. The fraction of sp³-hybridized carbons (Fsp3) is 0.455. The number of hydrogen-bond donors (Lipinski definition) is 2. The van der Waals surface area contributed by atoms with E-state index in [-0.39, 0.29) is 35.5 Å². The van der Waals surface area contributed by atoms with E-state index < -0.39 is 6.04 Å². The van der Waals surface area contributed by atoms with E-state index in [4.69, 9.17) is 0 Å². The lowest BCUT2D eigenvalue weighted by Gasteiger charge is -2.39. The Morgan fingerprint density at radius 3 is 2.35 bits per heavy atom. The molecule has 2 saturated heterocycles. The van der Waals surface area contributed by atoms with Crippen LogP contribution in [0.2, 0.25) is 0 Å². The van der Waals surface area contributed by atoms with E-state index in [1.807, 2.05) is 50.4 Å². The summed E-state index contributed by atoms with van der Waals surface area (Å²) in [7, 11) is 3.97. The molecule has 2 N–H and O–H groups in total. The third-order valence-corrected chi connectivity index (χ3v) is 12.7. The van der Waals surface area contributed by atoms with Crippen LogP contribution in [-0.2, 0) is 16.6 Å². The molecule has 0 bridgehead atoms. The third-order valence-electron chi connectivity index (χ3n) is 12.7. The van der Waals surface area contributed by atoms with Crippen molar-refractivity contribution in [3.63, 3.8) is 0 Å². The SMILES string of the molecule is Cc1cc2c(N3CCN(C)c4ccc(C#N)cc43)cc(C3CCN(CC4CCC(c5ccc(NC6CCC(=O)NC6=O)cc5F)CC4)CC3)cc2n(C)c1=O. The number of likely N-dealkylation sites (N-methyl/N-ethyl adjacent to an activating group) is 1. The molecule has 3 aromatic carbocycles. The maximum Gasteiger partial charge on any atom is 0.253 e. The molecule has 8 rings (SSSR count). The van der Waals surface area contributed by atoms with Gasteiger partial charge in [0.1, 0.15) is 11.9 Å². The van der Waals surface area contributed by atoms with Crippen LogP contribution in [0, 0.1) is 30.0 Å². The molecule has 4 aromatic rings. The Hall–Kier alpha value is -5.21. The van der Waals surface area contributed by atoms with Crippen LogP contribution in [0.15, 0.2) is 59.4 Å². The van der Waals surface area contributed by atoms with E-state index in [0.29, 0.717) is 35.1 Å². The van der Waals surface area contributed by atoms with E-state index in [1.54, 1.807) is 4.57 Å². The lowest BCUT2D eigenvalue weighted by Crippen LogP contribution is -2.47. The van der Waals surface area contributed by atoms with Gasteiger partial charge in [-0.2, -0.15) is 5.26 Å².